The van der Waals surface area contributed by atoms with Gasteiger partial charge in [0.05, 0.1) is 17.4 Å². The second kappa shape index (κ2) is 4.22. The normalized spacial score (nSPS) is 23.8. The summed E-state index contributed by atoms with van der Waals surface area (Å²) in [6, 6.07) is 6.43. The third-order valence-electron chi connectivity index (χ3n) is 4.54. The molecule has 0 saturated heterocycles. The van der Waals surface area contributed by atoms with Crippen LogP contribution in [0.5, 0.6) is 0 Å². The molecule has 5 rings (SSSR count). The fraction of sp³-hybridized carbons (Fsp3) is 0.294. The van der Waals surface area contributed by atoms with Gasteiger partial charge in [-0.05, 0) is 50.1 Å². The van der Waals surface area contributed by atoms with Crippen molar-refractivity contribution in [3.63, 3.8) is 0 Å². The first-order valence-electron chi connectivity index (χ1n) is 7.75. The van der Waals surface area contributed by atoms with Crippen molar-refractivity contribution < 1.29 is 0 Å². The molecule has 5 nitrogen and oxygen atoms in total. The Labute approximate surface area is 128 Å². The number of nitrogens with zero attached hydrogens (tertiary/aromatic N) is 3. The van der Waals surface area contributed by atoms with Crippen molar-refractivity contribution >= 4 is 22.4 Å². The molecule has 2 aromatic rings. The van der Waals surface area contributed by atoms with E-state index in [9.17, 15) is 0 Å². The lowest BCUT2D eigenvalue weighted by Crippen LogP contribution is -2.46. The number of fused-ring (bicyclic) bond motifs is 2. The van der Waals surface area contributed by atoms with Crippen LogP contribution >= 0.6 is 0 Å². The van der Waals surface area contributed by atoms with E-state index in [0.717, 1.165) is 16.6 Å². The first-order chi connectivity index (χ1) is 10.8. The third kappa shape index (κ3) is 1.71. The second-order valence-corrected chi connectivity index (χ2v) is 6.24. The van der Waals surface area contributed by atoms with Crippen LogP contribution in [-0.2, 0) is 0 Å². The first kappa shape index (κ1) is 12.0. The van der Waals surface area contributed by atoms with Crippen molar-refractivity contribution in [3.8, 4) is 0 Å². The number of amidine groups is 1. The fourth-order valence-electron chi connectivity index (χ4n) is 3.24. The van der Waals surface area contributed by atoms with Crippen LogP contribution in [0.1, 0.15) is 19.8 Å². The zero-order valence-corrected chi connectivity index (χ0v) is 12.4. The molecule has 0 spiro atoms. The Morgan fingerprint density at radius 3 is 3.00 bits per heavy atom. The summed E-state index contributed by atoms with van der Waals surface area (Å²) in [5, 5.41) is 11.8. The lowest BCUT2D eigenvalue weighted by molar-refractivity contribution is 0.659. The van der Waals surface area contributed by atoms with Gasteiger partial charge in [0, 0.05) is 22.7 Å². The SMILES string of the molecule is CC1=CC=C2N=C(C3CC3)N(c3ccc4[nH]ncc4c3)C2N1. The minimum atomic E-state index is 0.116. The quantitative estimate of drug-likeness (QED) is 0.894. The van der Waals surface area contributed by atoms with Gasteiger partial charge in [-0.2, -0.15) is 5.10 Å². The van der Waals surface area contributed by atoms with Gasteiger partial charge in [0.25, 0.3) is 0 Å². The van der Waals surface area contributed by atoms with Crippen LogP contribution in [-0.4, -0.2) is 22.2 Å². The molecule has 1 fully saturated rings. The highest BCUT2D eigenvalue weighted by Crippen LogP contribution is 2.40. The molecule has 1 aromatic heterocycles. The number of aromatic amines is 1. The molecule has 3 aliphatic rings. The summed E-state index contributed by atoms with van der Waals surface area (Å²) in [6.45, 7) is 2.10. The number of H-pyrrole nitrogens is 1. The summed E-state index contributed by atoms with van der Waals surface area (Å²) in [4.78, 5) is 7.26. The van der Waals surface area contributed by atoms with E-state index >= 15 is 0 Å². The summed E-state index contributed by atoms with van der Waals surface area (Å²) < 4.78 is 0. The molecule has 22 heavy (non-hydrogen) atoms. The molecule has 1 atom stereocenters. The highest BCUT2D eigenvalue weighted by Gasteiger charge is 2.41. The molecule has 0 bridgehead atoms. The maximum Gasteiger partial charge on any atom is 0.148 e. The number of rotatable bonds is 2. The molecule has 0 radical (unpaired) electrons. The van der Waals surface area contributed by atoms with Crippen LogP contribution in [0.25, 0.3) is 10.9 Å². The molecule has 1 saturated carbocycles. The number of aromatic nitrogens is 2. The molecule has 1 unspecified atom stereocenters. The largest absolute Gasteiger partial charge is 0.363 e. The summed E-state index contributed by atoms with van der Waals surface area (Å²) >= 11 is 0. The Bertz CT molecular complexity index is 853. The van der Waals surface area contributed by atoms with Gasteiger partial charge in [-0.1, -0.05) is 0 Å². The Kier molecular flexibility index (Phi) is 2.31. The average molecular weight is 291 g/mol. The Morgan fingerprint density at radius 1 is 1.23 bits per heavy atom. The summed E-state index contributed by atoms with van der Waals surface area (Å²) in [6.07, 6.45) is 8.72. The van der Waals surface area contributed by atoms with Gasteiger partial charge >= 0.3 is 0 Å². The monoisotopic (exact) mass is 291 g/mol. The van der Waals surface area contributed by atoms with Crippen molar-refractivity contribution in [3.05, 3.63) is 47.9 Å². The lowest BCUT2D eigenvalue weighted by Gasteiger charge is -2.31. The lowest BCUT2D eigenvalue weighted by atomic mass is 10.1. The van der Waals surface area contributed by atoms with Crippen LogP contribution in [0.2, 0.25) is 0 Å². The second-order valence-electron chi connectivity index (χ2n) is 6.24. The zero-order valence-electron chi connectivity index (χ0n) is 12.4. The van der Waals surface area contributed by atoms with Crippen molar-refractivity contribution in [2.45, 2.75) is 25.9 Å². The number of anilines is 1. The molecule has 110 valence electrons. The molecule has 1 aliphatic carbocycles. The van der Waals surface area contributed by atoms with Gasteiger partial charge in [0.2, 0.25) is 0 Å². The van der Waals surface area contributed by atoms with Crippen LogP contribution in [0.3, 0.4) is 0 Å². The van der Waals surface area contributed by atoms with Crippen LogP contribution in [0, 0.1) is 5.92 Å². The minimum Gasteiger partial charge on any atom is -0.363 e. The van der Waals surface area contributed by atoms with Gasteiger partial charge in [0.15, 0.2) is 0 Å². The summed E-state index contributed by atoms with van der Waals surface area (Å²) in [5.41, 5.74) is 4.53. The van der Waals surface area contributed by atoms with E-state index in [1.54, 1.807) is 0 Å². The number of nitrogens with one attached hydrogen (secondary N) is 2. The summed E-state index contributed by atoms with van der Waals surface area (Å²) in [5.74, 6) is 1.81. The highest BCUT2D eigenvalue weighted by atomic mass is 15.4. The van der Waals surface area contributed by atoms with Crippen molar-refractivity contribution in [2.24, 2.45) is 10.9 Å². The number of benzene rings is 1. The molecule has 2 N–H and O–H groups in total. The smallest absolute Gasteiger partial charge is 0.148 e. The van der Waals surface area contributed by atoms with E-state index < -0.39 is 0 Å². The van der Waals surface area contributed by atoms with E-state index in [1.165, 1.54) is 30.1 Å². The topological polar surface area (TPSA) is 56.3 Å². The number of hydrogen-bond donors (Lipinski definition) is 2. The van der Waals surface area contributed by atoms with E-state index in [4.69, 9.17) is 4.99 Å². The summed E-state index contributed by atoms with van der Waals surface area (Å²) in [7, 11) is 0. The number of allylic oxidation sites excluding steroid dienone is 3. The van der Waals surface area contributed by atoms with Crippen molar-refractivity contribution in [1.29, 1.82) is 0 Å². The number of aliphatic imine (C=N–C) groups is 1. The maximum atomic E-state index is 4.91. The molecular formula is C17H17N5. The standard InChI is InChI=1S/C17H17N5/c1-10-2-6-15-17(19-10)22(16(20-15)11-3-4-11)13-5-7-14-12(8-13)9-18-21-14/h2,5-9,11,17,19H,3-4H2,1H3,(H,18,21). The van der Waals surface area contributed by atoms with Crippen LogP contribution < -0.4 is 10.2 Å². The number of dihydropyridines is 1. The maximum absolute atomic E-state index is 4.91. The van der Waals surface area contributed by atoms with Gasteiger partial charge < -0.3 is 10.2 Å². The van der Waals surface area contributed by atoms with Gasteiger partial charge in [-0.25, -0.2) is 4.99 Å². The van der Waals surface area contributed by atoms with E-state index in [1.807, 2.05) is 6.20 Å². The molecule has 2 aliphatic heterocycles. The predicted molar refractivity (Wildman–Crippen MR) is 87.5 cm³/mol. The Hall–Kier alpha value is -2.56. The molecular weight excluding hydrogens is 274 g/mol. The van der Waals surface area contributed by atoms with Gasteiger partial charge in [-0.3, -0.25) is 5.10 Å². The Morgan fingerprint density at radius 2 is 2.14 bits per heavy atom. The van der Waals surface area contributed by atoms with E-state index in [2.05, 4.69) is 57.7 Å². The van der Waals surface area contributed by atoms with E-state index in [0.29, 0.717) is 5.92 Å². The van der Waals surface area contributed by atoms with Crippen molar-refractivity contribution in [1.82, 2.24) is 15.5 Å². The first-order valence-corrected chi connectivity index (χ1v) is 7.75. The fourth-order valence-corrected chi connectivity index (χ4v) is 3.24. The van der Waals surface area contributed by atoms with Gasteiger partial charge in [-0.15, -0.1) is 0 Å². The molecule has 3 heterocycles. The molecule has 0 amide bonds. The average Bonchev–Trinajstić information content (AvgIpc) is 3.14. The van der Waals surface area contributed by atoms with Crippen LogP contribution in [0.15, 0.2) is 52.9 Å². The zero-order chi connectivity index (χ0) is 14.7. The minimum absolute atomic E-state index is 0.116. The molecule has 5 heteroatoms. The highest BCUT2D eigenvalue weighted by molar-refractivity contribution is 6.05. The predicted octanol–water partition coefficient (Wildman–Crippen LogP) is 2.91. The van der Waals surface area contributed by atoms with Crippen molar-refractivity contribution in [2.75, 3.05) is 4.90 Å². The number of hydrogen-bond acceptors (Lipinski definition) is 4. The third-order valence-corrected chi connectivity index (χ3v) is 4.54. The van der Waals surface area contributed by atoms with Gasteiger partial charge in [0.1, 0.15) is 12.0 Å². The Balaban J connectivity index is 1.63. The molecule has 1 aromatic carbocycles. The van der Waals surface area contributed by atoms with E-state index in [-0.39, 0.29) is 6.17 Å². The van der Waals surface area contributed by atoms with Crippen LogP contribution in [0.4, 0.5) is 5.69 Å².